The molecule has 2 rings (SSSR count). The van der Waals surface area contributed by atoms with Crippen molar-refractivity contribution in [2.45, 2.75) is 18.5 Å². The Morgan fingerprint density at radius 2 is 1.64 bits per heavy atom. The molecule has 0 aliphatic rings. The van der Waals surface area contributed by atoms with E-state index in [0.29, 0.717) is 6.07 Å². The zero-order valence-electron chi connectivity index (χ0n) is 13.3. The molecule has 0 saturated carbocycles. The maximum atomic E-state index is 13.6. The Labute approximate surface area is 163 Å². The zero-order chi connectivity index (χ0) is 21.3. The van der Waals surface area contributed by atoms with Crippen molar-refractivity contribution in [2.24, 2.45) is 0 Å². The van der Waals surface area contributed by atoms with E-state index in [9.17, 15) is 35.5 Å². The standard InChI is InChI=1S/C16H8Cl2F7NO2/c17-8-6-12(28-16(24,25)14(20)15(21,22)23)9(18)5-11(8)26-13(27)7-3-1-2-4-10(7)19/h1-6,14H,(H,26,27). The number of benzene rings is 2. The van der Waals surface area contributed by atoms with Gasteiger partial charge in [-0.3, -0.25) is 4.79 Å². The molecule has 3 nitrogen and oxygen atoms in total. The largest absolute Gasteiger partial charge is 0.439 e. The van der Waals surface area contributed by atoms with Crippen LogP contribution in [0.15, 0.2) is 36.4 Å². The summed E-state index contributed by atoms with van der Waals surface area (Å²) in [6, 6.07) is 6.20. The summed E-state index contributed by atoms with van der Waals surface area (Å²) < 4.78 is 93.4. The minimum absolute atomic E-state index is 0.275. The molecule has 152 valence electrons. The molecule has 1 amide bonds. The highest BCUT2D eigenvalue weighted by Gasteiger charge is 2.59. The lowest BCUT2D eigenvalue weighted by Gasteiger charge is -2.24. The van der Waals surface area contributed by atoms with Gasteiger partial charge in [-0.05, 0) is 18.2 Å². The summed E-state index contributed by atoms with van der Waals surface area (Å²) in [5.74, 6) is -2.88. The van der Waals surface area contributed by atoms with Crippen LogP contribution in [-0.4, -0.2) is 24.4 Å². The van der Waals surface area contributed by atoms with Crippen molar-refractivity contribution < 1.29 is 40.3 Å². The molecule has 0 radical (unpaired) electrons. The molecule has 0 spiro atoms. The van der Waals surface area contributed by atoms with E-state index in [-0.39, 0.29) is 11.3 Å². The van der Waals surface area contributed by atoms with Crippen LogP contribution >= 0.6 is 23.2 Å². The van der Waals surface area contributed by atoms with Crippen LogP contribution in [0.1, 0.15) is 10.4 Å². The van der Waals surface area contributed by atoms with Crippen LogP contribution in [0.2, 0.25) is 10.0 Å². The Balaban J connectivity index is 2.26. The Kier molecular flexibility index (Phi) is 6.34. The number of hydrogen-bond donors (Lipinski definition) is 1. The van der Waals surface area contributed by atoms with Gasteiger partial charge in [0, 0.05) is 6.07 Å². The molecule has 0 saturated heterocycles. The summed E-state index contributed by atoms with van der Waals surface area (Å²) in [5.41, 5.74) is -0.643. The quantitative estimate of drug-likeness (QED) is 0.547. The first-order valence-electron chi connectivity index (χ1n) is 7.15. The van der Waals surface area contributed by atoms with Crippen LogP contribution in [0.3, 0.4) is 0 Å². The van der Waals surface area contributed by atoms with Crippen LogP contribution in [0.25, 0.3) is 0 Å². The lowest BCUT2D eigenvalue weighted by Crippen LogP contribution is -2.45. The Hall–Kier alpha value is -2.20. The molecule has 28 heavy (non-hydrogen) atoms. The molecule has 0 aliphatic heterocycles. The van der Waals surface area contributed by atoms with Crippen LogP contribution in [-0.2, 0) is 0 Å². The van der Waals surface area contributed by atoms with Crippen molar-refractivity contribution in [3.63, 3.8) is 0 Å². The molecular weight excluding hydrogens is 442 g/mol. The van der Waals surface area contributed by atoms with Gasteiger partial charge in [0.05, 0.1) is 21.3 Å². The van der Waals surface area contributed by atoms with Gasteiger partial charge in [0.25, 0.3) is 12.1 Å². The number of carbonyl (C=O) groups is 1. The molecule has 2 aromatic rings. The third-order valence-corrected chi connectivity index (χ3v) is 3.82. The van der Waals surface area contributed by atoms with Crippen molar-refractivity contribution in [2.75, 3.05) is 5.32 Å². The summed E-state index contributed by atoms with van der Waals surface area (Å²) in [4.78, 5) is 12.0. The number of nitrogens with one attached hydrogen (secondary N) is 1. The molecule has 0 fully saturated rings. The Morgan fingerprint density at radius 1 is 1.04 bits per heavy atom. The van der Waals surface area contributed by atoms with E-state index < -0.39 is 46.0 Å². The number of halogens is 9. The lowest BCUT2D eigenvalue weighted by atomic mass is 10.2. The lowest BCUT2D eigenvalue weighted by molar-refractivity contribution is -0.304. The van der Waals surface area contributed by atoms with Gasteiger partial charge in [-0.1, -0.05) is 35.3 Å². The molecule has 0 aliphatic carbocycles. The highest BCUT2D eigenvalue weighted by molar-refractivity contribution is 6.36. The van der Waals surface area contributed by atoms with E-state index in [1.54, 1.807) is 0 Å². The van der Waals surface area contributed by atoms with E-state index >= 15 is 0 Å². The van der Waals surface area contributed by atoms with Crippen molar-refractivity contribution >= 4 is 34.8 Å². The average molecular weight is 450 g/mol. The zero-order valence-corrected chi connectivity index (χ0v) is 14.8. The van der Waals surface area contributed by atoms with Crippen LogP contribution in [0.4, 0.5) is 36.4 Å². The highest BCUT2D eigenvalue weighted by atomic mass is 35.5. The van der Waals surface area contributed by atoms with E-state index in [1.165, 1.54) is 12.1 Å². The van der Waals surface area contributed by atoms with E-state index in [2.05, 4.69) is 10.1 Å². The third-order valence-electron chi connectivity index (χ3n) is 3.22. The molecule has 0 bridgehead atoms. The van der Waals surface area contributed by atoms with E-state index in [1.807, 2.05) is 0 Å². The molecule has 1 unspecified atom stereocenters. The number of alkyl halides is 6. The van der Waals surface area contributed by atoms with E-state index in [4.69, 9.17) is 23.2 Å². The normalized spacial score (nSPS) is 13.2. The van der Waals surface area contributed by atoms with Gasteiger partial charge in [0.15, 0.2) is 0 Å². The highest BCUT2D eigenvalue weighted by Crippen LogP contribution is 2.41. The number of carbonyl (C=O) groups excluding carboxylic acids is 1. The minimum Gasteiger partial charge on any atom is -0.428 e. The van der Waals surface area contributed by atoms with Gasteiger partial charge >= 0.3 is 12.3 Å². The van der Waals surface area contributed by atoms with Gasteiger partial charge < -0.3 is 10.1 Å². The van der Waals surface area contributed by atoms with Crippen molar-refractivity contribution in [1.82, 2.24) is 0 Å². The second-order valence-electron chi connectivity index (χ2n) is 5.26. The van der Waals surface area contributed by atoms with Crippen LogP contribution in [0.5, 0.6) is 5.75 Å². The summed E-state index contributed by atoms with van der Waals surface area (Å²) >= 11 is 11.4. The Bertz CT molecular complexity index is 890. The SMILES string of the molecule is O=C(Nc1cc(Cl)c(OC(F)(F)C(F)C(F)(F)F)cc1Cl)c1ccccc1F. The maximum absolute atomic E-state index is 13.6. The van der Waals surface area contributed by atoms with Crippen molar-refractivity contribution in [1.29, 1.82) is 0 Å². The molecular formula is C16H8Cl2F7NO2. The molecule has 2 aromatic carbocycles. The number of ether oxygens (including phenoxy) is 1. The Morgan fingerprint density at radius 3 is 2.21 bits per heavy atom. The van der Waals surface area contributed by atoms with Gasteiger partial charge in [-0.2, -0.15) is 22.0 Å². The number of anilines is 1. The fourth-order valence-corrected chi connectivity index (χ4v) is 2.33. The fourth-order valence-electron chi connectivity index (χ4n) is 1.93. The minimum atomic E-state index is -5.88. The molecule has 0 heterocycles. The first-order chi connectivity index (χ1) is 12.8. The topological polar surface area (TPSA) is 38.3 Å². The monoisotopic (exact) mass is 449 g/mol. The second kappa shape index (κ2) is 8.04. The van der Waals surface area contributed by atoms with E-state index in [0.717, 1.165) is 18.2 Å². The van der Waals surface area contributed by atoms with Gasteiger partial charge in [-0.25, -0.2) is 8.78 Å². The van der Waals surface area contributed by atoms with Crippen molar-refractivity contribution in [3.05, 3.63) is 57.8 Å². The third kappa shape index (κ3) is 4.99. The summed E-state index contributed by atoms with van der Waals surface area (Å²) in [6.07, 6.45) is -15.8. The van der Waals surface area contributed by atoms with Crippen molar-refractivity contribution in [3.8, 4) is 5.75 Å². The second-order valence-corrected chi connectivity index (χ2v) is 6.08. The number of amides is 1. The predicted octanol–water partition coefficient (Wildman–Crippen LogP) is 6.26. The molecule has 12 heteroatoms. The number of hydrogen-bond acceptors (Lipinski definition) is 2. The van der Waals surface area contributed by atoms with Crippen LogP contribution in [0, 0.1) is 5.82 Å². The van der Waals surface area contributed by atoms with Gasteiger partial charge in [-0.15, -0.1) is 0 Å². The smallest absolute Gasteiger partial charge is 0.428 e. The summed E-state index contributed by atoms with van der Waals surface area (Å²) in [5, 5.41) is 0.963. The van der Waals surface area contributed by atoms with Gasteiger partial charge in [0.1, 0.15) is 11.6 Å². The predicted molar refractivity (Wildman–Crippen MR) is 87.3 cm³/mol. The first-order valence-corrected chi connectivity index (χ1v) is 7.91. The summed E-state index contributed by atoms with van der Waals surface area (Å²) in [6.45, 7) is 0. The first kappa shape index (κ1) is 22.1. The average Bonchev–Trinajstić information content (AvgIpc) is 2.57. The van der Waals surface area contributed by atoms with Crippen LogP contribution < -0.4 is 10.1 Å². The molecule has 1 N–H and O–H groups in total. The molecule has 1 atom stereocenters. The fraction of sp³-hybridized carbons (Fsp3) is 0.188. The molecule has 0 aromatic heterocycles. The van der Waals surface area contributed by atoms with Gasteiger partial charge in [0.2, 0.25) is 0 Å². The maximum Gasteiger partial charge on any atom is 0.439 e. The summed E-state index contributed by atoms with van der Waals surface area (Å²) in [7, 11) is 0. The number of rotatable bonds is 5.